The van der Waals surface area contributed by atoms with E-state index in [1.165, 1.54) is 0 Å². The number of carboxylic acids is 1. The van der Waals surface area contributed by atoms with Crippen LogP contribution in [-0.2, 0) is 0 Å². The number of ether oxygens (including phenoxy) is 1. The van der Waals surface area contributed by atoms with Crippen LogP contribution in [-0.4, -0.2) is 30.4 Å². The van der Waals surface area contributed by atoms with Crippen LogP contribution >= 0.6 is 0 Å². The maximum atomic E-state index is 13.4. The van der Waals surface area contributed by atoms with E-state index in [1.54, 1.807) is 0 Å². The van der Waals surface area contributed by atoms with Gasteiger partial charge in [-0.15, -0.1) is 0 Å². The molecule has 0 saturated carbocycles. The number of benzene rings is 1. The average molecular weight is 440 g/mol. The van der Waals surface area contributed by atoms with Gasteiger partial charge in [0.2, 0.25) is 5.76 Å². The molecule has 0 aliphatic rings. The fraction of sp³-hybridized carbons (Fsp3) is 0.308. The zero-order valence-corrected chi connectivity index (χ0v) is 15.2. The van der Waals surface area contributed by atoms with Gasteiger partial charge in [0.25, 0.3) is 0 Å². The second-order valence-corrected chi connectivity index (χ2v) is 4.69. The topological polar surface area (TPSA) is 49.4 Å². The first-order valence-electron chi connectivity index (χ1n) is 6.22. The number of allylic oxidation sites excluding steroid dienone is 2. The second kappa shape index (κ2) is 8.45. The molecule has 0 heterocycles. The Hall–Kier alpha value is -1.54. The third-order valence-electron chi connectivity index (χ3n) is 2.75. The summed E-state index contributed by atoms with van der Waals surface area (Å²) in [5.74, 6) is -13.6. The number of hydrogen-bond donors (Lipinski definition) is 0. The molecule has 1 aromatic carbocycles. The van der Waals surface area contributed by atoms with E-state index in [0.717, 1.165) is 0 Å². The Morgan fingerprint density at radius 1 is 0.786 bits per heavy atom. The fourth-order valence-electron chi connectivity index (χ4n) is 1.60. The molecule has 0 spiro atoms. The molecule has 0 aromatic heterocycles. The molecule has 15 heteroatoms. The molecule has 28 heavy (non-hydrogen) atoms. The molecule has 0 bridgehead atoms. The second-order valence-electron chi connectivity index (χ2n) is 4.69. The Bertz CT molecular complexity index is 714. The number of rotatable bonds is 4. The summed E-state index contributed by atoms with van der Waals surface area (Å²) in [6.45, 7) is 0. The van der Waals surface area contributed by atoms with Gasteiger partial charge in [0.1, 0.15) is 5.75 Å². The first-order valence-corrected chi connectivity index (χ1v) is 6.22. The van der Waals surface area contributed by atoms with Crippen molar-refractivity contribution < 1.29 is 92.5 Å². The van der Waals surface area contributed by atoms with Crippen molar-refractivity contribution in [2.24, 2.45) is 0 Å². The third kappa shape index (κ3) is 5.98. The smallest absolute Gasteiger partial charge is 0.545 e. The van der Waals surface area contributed by atoms with Gasteiger partial charge < -0.3 is 14.6 Å². The van der Waals surface area contributed by atoms with Crippen LogP contribution in [0.5, 0.6) is 5.75 Å². The zero-order valence-electron chi connectivity index (χ0n) is 13.2. The maximum Gasteiger partial charge on any atom is 1.00 e. The van der Waals surface area contributed by atoms with Crippen LogP contribution in [0.15, 0.2) is 35.6 Å². The van der Waals surface area contributed by atoms with E-state index in [-0.39, 0.29) is 41.7 Å². The van der Waals surface area contributed by atoms with Gasteiger partial charge >= 0.3 is 54.0 Å². The molecule has 0 saturated heterocycles. The summed E-state index contributed by atoms with van der Waals surface area (Å²) >= 11 is 0. The summed E-state index contributed by atoms with van der Waals surface area (Å²) in [6.07, 6.45) is -20.2. The van der Waals surface area contributed by atoms with E-state index in [2.05, 4.69) is 4.74 Å². The van der Waals surface area contributed by atoms with Gasteiger partial charge in [0, 0.05) is 0 Å². The maximum absolute atomic E-state index is 13.4. The van der Waals surface area contributed by atoms with Gasteiger partial charge in [-0.3, -0.25) is 0 Å². The van der Waals surface area contributed by atoms with Crippen LogP contribution in [0, 0.1) is 0 Å². The molecular weight excluding hydrogens is 436 g/mol. The van der Waals surface area contributed by atoms with Crippen molar-refractivity contribution in [2.45, 2.75) is 24.5 Å². The number of alkyl halides is 11. The quantitative estimate of drug-likeness (QED) is 0.399. The summed E-state index contributed by atoms with van der Waals surface area (Å²) in [5.41, 5.74) is -4.91. The van der Waals surface area contributed by atoms with Crippen LogP contribution in [0.4, 0.5) is 48.3 Å². The molecule has 0 N–H and O–H groups in total. The first kappa shape index (κ1) is 26.5. The van der Waals surface area contributed by atoms with Gasteiger partial charge in [0.05, 0.1) is 5.97 Å². The Morgan fingerprint density at radius 2 is 1.18 bits per heavy atom. The van der Waals surface area contributed by atoms with Crippen molar-refractivity contribution >= 4 is 5.97 Å². The van der Waals surface area contributed by atoms with Gasteiger partial charge in [0.15, 0.2) is 5.57 Å². The van der Waals surface area contributed by atoms with Gasteiger partial charge in [-0.25, -0.2) is 0 Å². The van der Waals surface area contributed by atoms with Crippen molar-refractivity contribution in [3.8, 4) is 5.75 Å². The molecule has 1 aromatic rings. The van der Waals surface area contributed by atoms with Gasteiger partial charge in [-0.05, 0) is 29.8 Å². The Labute approximate surface area is 170 Å². The molecule has 0 aliphatic heterocycles. The largest absolute Gasteiger partial charge is 1.00 e. The van der Waals surface area contributed by atoms with Crippen molar-refractivity contribution in [1.82, 2.24) is 0 Å². The Kier molecular flexibility index (Phi) is 7.98. The summed E-state index contributed by atoms with van der Waals surface area (Å²) in [7, 11) is 0. The van der Waals surface area contributed by atoms with Crippen LogP contribution in [0.2, 0.25) is 0 Å². The molecule has 0 atom stereocenters. The summed E-state index contributed by atoms with van der Waals surface area (Å²) in [5, 5.41) is 10.5. The molecular formula is C13H4F11NaO3. The number of halogens is 11. The van der Waals surface area contributed by atoms with E-state index in [4.69, 9.17) is 0 Å². The van der Waals surface area contributed by atoms with Gasteiger partial charge in [-0.1, -0.05) is 0 Å². The van der Waals surface area contributed by atoms with Crippen LogP contribution in [0.1, 0.15) is 10.4 Å². The molecule has 152 valence electrons. The van der Waals surface area contributed by atoms with Gasteiger partial charge in [-0.2, -0.15) is 48.3 Å². The van der Waals surface area contributed by atoms with Crippen LogP contribution in [0.25, 0.3) is 0 Å². The van der Waals surface area contributed by atoms with E-state index >= 15 is 0 Å². The van der Waals surface area contributed by atoms with Crippen molar-refractivity contribution in [3.05, 3.63) is 41.2 Å². The van der Waals surface area contributed by atoms with E-state index in [0.29, 0.717) is 12.1 Å². The summed E-state index contributed by atoms with van der Waals surface area (Å²) in [4.78, 5) is 10.5. The molecule has 0 aliphatic carbocycles. The minimum absolute atomic E-state index is 0. The van der Waals surface area contributed by atoms with E-state index in [1.807, 2.05) is 0 Å². The SMILES string of the molecule is O=C([O-])c1ccc(OC(=C(C(F)(F)F)C(F)(F)F)C(F)(F)C(F)(F)F)cc1.[Na+]. The predicted molar refractivity (Wildman–Crippen MR) is 61.5 cm³/mol. The van der Waals surface area contributed by atoms with E-state index < -0.39 is 53.1 Å². The Morgan fingerprint density at radius 3 is 1.46 bits per heavy atom. The minimum Gasteiger partial charge on any atom is -0.545 e. The molecule has 0 fully saturated rings. The molecule has 0 radical (unpaired) electrons. The number of hydrogen-bond acceptors (Lipinski definition) is 3. The molecule has 0 unspecified atom stereocenters. The Balaban J connectivity index is 0.00000729. The summed E-state index contributed by atoms with van der Waals surface area (Å²) in [6, 6.07) is 1.41. The normalized spacial score (nSPS) is 12.8. The minimum atomic E-state index is -6.87. The number of carbonyl (C=O) groups is 1. The van der Waals surface area contributed by atoms with Crippen LogP contribution < -0.4 is 39.4 Å². The van der Waals surface area contributed by atoms with Crippen molar-refractivity contribution in [1.29, 1.82) is 0 Å². The number of carbonyl (C=O) groups excluding carboxylic acids is 1. The van der Waals surface area contributed by atoms with Crippen LogP contribution in [0.3, 0.4) is 0 Å². The average Bonchev–Trinajstić information content (AvgIpc) is 2.42. The number of aromatic carboxylic acids is 1. The fourth-order valence-corrected chi connectivity index (χ4v) is 1.60. The first-order chi connectivity index (χ1) is 11.9. The monoisotopic (exact) mass is 440 g/mol. The molecule has 1 rings (SSSR count). The molecule has 3 nitrogen and oxygen atoms in total. The van der Waals surface area contributed by atoms with E-state index in [9.17, 15) is 58.2 Å². The van der Waals surface area contributed by atoms with Crippen molar-refractivity contribution in [3.63, 3.8) is 0 Å². The van der Waals surface area contributed by atoms with Crippen molar-refractivity contribution in [2.75, 3.05) is 0 Å². The summed E-state index contributed by atoms with van der Waals surface area (Å²) < 4.78 is 143. The molecule has 0 amide bonds. The standard InChI is InChI=1S/C13H5F11O3.Na/c14-10(15,13(22,23)24)8(7(11(16,17)18)12(19,20)21)27-6-3-1-5(2-4-6)9(25)26;/h1-4H,(H,25,26);/q;+1/p-1. The zero-order chi connectivity index (χ0) is 21.4. The number of carboxylic acid groups (broad SMARTS) is 1. The third-order valence-corrected chi connectivity index (χ3v) is 2.75. The predicted octanol–water partition coefficient (Wildman–Crippen LogP) is 1.01.